The number of ether oxygens (including phenoxy) is 1. The normalized spacial score (nSPS) is 20.2. The zero-order valence-corrected chi connectivity index (χ0v) is 14.9. The third-order valence-corrected chi connectivity index (χ3v) is 5.36. The number of hydrogen-bond acceptors (Lipinski definition) is 6. The molecule has 1 aliphatic heterocycles. The van der Waals surface area contributed by atoms with E-state index >= 15 is 0 Å². The lowest BCUT2D eigenvalue weighted by Crippen LogP contribution is -2.40. The van der Waals surface area contributed by atoms with Crippen LogP contribution in [0.25, 0.3) is 10.2 Å². The van der Waals surface area contributed by atoms with Crippen LogP contribution in [0.2, 0.25) is 0 Å². The van der Waals surface area contributed by atoms with Crippen LogP contribution in [0.3, 0.4) is 0 Å². The van der Waals surface area contributed by atoms with Crippen molar-refractivity contribution in [3.05, 3.63) is 46.3 Å². The van der Waals surface area contributed by atoms with E-state index in [4.69, 9.17) is 9.26 Å². The summed E-state index contributed by atoms with van der Waals surface area (Å²) in [5.74, 6) is 0.912. The topological polar surface area (TPSA) is 77.2 Å². The molecule has 3 aromatic rings. The minimum absolute atomic E-state index is 0.0363. The van der Waals surface area contributed by atoms with Gasteiger partial charge in [-0.3, -0.25) is 4.79 Å². The van der Waals surface area contributed by atoms with Gasteiger partial charge in [0.05, 0.1) is 40.2 Å². The van der Waals surface area contributed by atoms with Crippen molar-refractivity contribution in [3.8, 4) is 0 Å². The molecule has 1 N–H and O–H groups in total. The second kappa shape index (κ2) is 6.57. The SMILES string of the molecule is Cc1cc(C[C@H]2COC[C@H]2NC(=O)c2ccc3sc(C)nc3c2)on1. The Kier molecular flexibility index (Phi) is 4.27. The maximum Gasteiger partial charge on any atom is 0.251 e. The van der Waals surface area contributed by atoms with Crippen LogP contribution < -0.4 is 5.32 Å². The average Bonchev–Trinajstić information content (AvgIpc) is 3.27. The quantitative estimate of drug-likeness (QED) is 0.777. The molecule has 0 unspecified atom stereocenters. The average molecular weight is 357 g/mol. The maximum absolute atomic E-state index is 12.6. The standard InChI is InChI=1S/C18H19N3O3S/c1-10-5-14(24-21-10)6-13-8-23-9-16(13)20-18(22)12-3-4-17-15(7-12)19-11(2)25-17/h3-5,7,13,16H,6,8-9H2,1-2H3,(H,20,22)/t13-,16+/m0/s1. The molecule has 0 saturated carbocycles. The number of amides is 1. The third-order valence-electron chi connectivity index (χ3n) is 4.41. The van der Waals surface area contributed by atoms with E-state index in [-0.39, 0.29) is 17.9 Å². The summed E-state index contributed by atoms with van der Waals surface area (Å²) in [6.07, 6.45) is 0.704. The Morgan fingerprint density at radius 2 is 2.20 bits per heavy atom. The predicted molar refractivity (Wildman–Crippen MR) is 94.9 cm³/mol. The minimum Gasteiger partial charge on any atom is -0.379 e. The van der Waals surface area contributed by atoms with Gasteiger partial charge >= 0.3 is 0 Å². The first-order valence-electron chi connectivity index (χ1n) is 8.26. The second-order valence-electron chi connectivity index (χ2n) is 6.43. The van der Waals surface area contributed by atoms with Gasteiger partial charge in [0.1, 0.15) is 5.76 Å². The summed E-state index contributed by atoms with van der Waals surface area (Å²) in [5.41, 5.74) is 2.35. The van der Waals surface area contributed by atoms with Crippen LogP contribution in [-0.2, 0) is 11.2 Å². The fourth-order valence-electron chi connectivity index (χ4n) is 3.17. The molecule has 0 bridgehead atoms. The molecular weight excluding hydrogens is 338 g/mol. The molecule has 1 aromatic carbocycles. The van der Waals surface area contributed by atoms with E-state index in [2.05, 4.69) is 15.5 Å². The Hall–Kier alpha value is -2.25. The van der Waals surface area contributed by atoms with Crippen molar-refractivity contribution in [2.75, 3.05) is 13.2 Å². The molecule has 130 valence electrons. The largest absolute Gasteiger partial charge is 0.379 e. The second-order valence-corrected chi connectivity index (χ2v) is 7.67. The van der Waals surface area contributed by atoms with Crippen LogP contribution in [0.5, 0.6) is 0 Å². The van der Waals surface area contributed by atoms with Crippen molar-refractivity contribution in [1.29, 1.82) is 0 Å². The molecule has 0 aliphatic carbocycles. The lowest BCUT2D eigenvalue weighted by molar-refractivity contribution is 0.0924. The van der Waals surface area contributed by atoms with E-state index < -0.39 is 0 Å². The fourth-order valence-corrected chi connectivity index (χ4v) is 3.97. The van der Waals surface area contributed by atoms with Gasteiger partial charge in [-0.05, 0) is 32.0 Å². The number of rotatable bonds is 4. The molecule has 2 atom stereocenters. The maximum atomic E-state index is 12.6. The molecule has 7 heteroatoms. The Balaban J connectivity index is 1.46. The Labute approximate surface area is 149 Å². The number of aryl methyl sites for hydroxylation is 2. The zero-order valence-electron chi connectivity index (χ0n) is 14.1. The fraction of sp³-hybridized carbons (Fsp3) is 0.389. The summed E-state index contributed by atoms with van der Waals surface area (Å²) in [5, 5.41) is 8.01. The molecule has 0 spiro atoms. The molecule has 25 heavy (non-hydrogen) atoms. The van der Waals surface area contributed by atoms with Gasteiger partial charge in [-0.15, -0.1) is 11.3 Å². The number of carbonyl (C=O) groups is 1. The first kappa shape index (κ1) is 16.2. The molecule has 2 aromatic heterocycles. The van der Waals surface area contributed by atoms with Crippen molar-refractivity contribution in [3.63, 3.8) is 0 Å². The van der Waals surface area contributed by atoms with Gasteiger partial charge in [0, 0.05) is 24.0 Å². The van der Waals surface area contributed by atoms with Gasteiger partial charge in [0.2, 0.25) is 0 Å². The van der Waals surface area contributed by atoms with E-state index in [0.717, 1.165) is 26.7 Å². The summed E-state index contributed by atoms with van der Waals surface area (Å²) in [4.78, 5) is 17.1. The number of nitrogens with one attached hydrogen (secondary N) is 1. The first-order chi connectivity index (χ1) is 12.1. The highest BCUT2D eigenvalue weighted by atomic mass is 32.1. The molecule has 3 heterocycles. The van der Waals surface area contributed by atoms with Crippen LogP contribution in [0.4, 0.5) is 0 Å². The van der Waals surface area contributed by atoms with Gasteiger partial charge < -0.3 is 14.6 Å². The number of nitrogens with zero attached hydrogens (tertiary/aromatic N) is 2. The van der Waals surface area contributed by atoms with Gasteiger partial charge in [0.25, 0.3) is 5.91 Å². The van der Waals surface area contributed by atoms with E-state index in [1.165, 1.54) is 0 Å². The highest BCUT2D eigenvalue weighted by Gasteiger charge is 2.31. The Morgan fingerprint density at radius 3 is 3.00 bits per heavy atom. The van der Waals surface area contributed by atoms with Crippen molar-refractivity contribution >= 4 is 27.5 Å². The summed E-state index contributed by atoms with van der Waals surface area (Å²) < 4.78 is 12.0. The molecule has 1 fully saturated rings. The predicted octanol–water partition coefficient (Wildman–Crippen LogP) is 2.89. The summed E-state index contributed by atoms with van der Waals surface area (Å²) in [7, 11) is 0. The smallest absolute Gasteiger partial charge is 0.251 e. The number of carbonyl (C=O) groups excluding carboxylic acids is 1. The minimum atomic E-state index is -0.0956. The molecule has 1 aliphatic rings. The van der Waals surface area contributed by atoms with Gasteiger partial charge in [-0.25, -0.2) is 4.98 Å². The van der Waals surface area contributed by atoms with E-state index in [1.54, 1.807) is 11.3 Å². The van der Waals surface area contributed by atoms with Crippen LogP contribution in [0, 0.1) is 19.8 Å². The van der Waals surface area contributed by atoms with E-state index in [0.29, 0.717) is 25.2 Å². The molecular formula is C18H19N3O3S. The molecule has 0 radical (unpaired) electrons. The zero-order chi connectivity index (χ0) is 17.4. The summed E-state index contributed by atoms with van der Waals surface area (Å²) in [6.45, 7) is 4.99. The van der Waals surface area contributed by atoms with Gasteiger partial charge in [-0.1, -0.05) is 5.16 Å². The summed E-state index contributed by atoms with van der Waals surface area (Å²) >= 11 is 1.63. The van der Waals surface area contributed by atoms with Gasteiger partial charge in [-0.2, -0.15) is 0 Å². The Morgan fingerprint density at radius 1 is 1.32 bits per heavy atom. The van der Waals surface area contributed by atoms with Crippen LogP contribution >= 0.6 is 11.3 Å². The number of thiazole rings is 1. The number of hydrogen-bond donors (Lipinski definition) is 1. The molecule has 1 saturated heterocycles. The van der Waals surface area contributed by atoms with Crippen molar-refractivity contribution < 1.29 is 14.1 Å². The number of aromatic nitrogens is 2. The molecule has 1 amide bonds. The van der Waals surface area contributed by atoms with Crippen LogP contribution in [-0.4, -0.2) is 35.3 Å². The van der Waals surface area contributed by atoms with Crippen molar-refractivity contribution in [2.45, 2.75) is 26.3 Å². The van der Waals surface area contributed by atoms with Crippen molar-refractivity contribution in [1.82, 2.24) is 15.5 Å². The lowest BCUT2D eigenvalue weighted by Gasteiger charge is -2.18. The first-order valence-corrected chi connectivity index (χ1v) is 9.08. The van der Waals surface area contributed by atoms with Crippen molar-refractivity contribution in [2.24, 2.45) is 5.92 Å². The molecule has 6 nitrogen and oxygen atoms in total. The third kappa shape index (κ3) is 3.43. The van der Waals surface area contributed by atoms with E-state index in [9.17, 15) is 4.79 Å². The summed E-state index contributed by atoms with van der Waals surface area (Å²) in [6, 6.07) is 7.54. The van der Waals surface area contributed by atoms with Crippen LogP contribution in [0.1, 0.15) is 26.8 Å². The molecule has 4 rings (SSSR count). The number of fused-ring (bicyclic) bond motifs is 1. The van der Waals surface area contributed by atoms with E-state index in [1.807, 2.05) is 38.1 Å². The van der Waals surface area contributed by atoms with Gasteiger partial charge in [0.15, 0.2) is 0 Å². The monoisotopic (exact) mass is 357 g/mol. The number of benzene rings is 1. The Bertz CT molecular complexity index is 917. The lowest BCUT2D eigenvalue weighted by atomic mass is 9.98. The highest BCUT2D eigenvalue weighted by Crippen LogP contribution is 2.23. The van der Waals surface area contributed by atoms with Crippen LogP contribution in [0.15, 0.2) is 28.8 Å². The highest BCUT2D eigenvalue weighted by molar-refractivity contribution is 7.18.